The van der Waals surface area contributed by atoms with Crippen molar-refractivity contribution in [3.8, 4) is 11.4 Å². The zero-order chi connectivity index (χ0) is 14.1. The topological polar surface area (TPSA) is 80.9 Å². The van der Waals surface area contributed by atoms with Gasteiger partial charge in [-0.05, 0) is 41.2 Å². The van der Waals surface area contributed by atoms with E-state index < -0.39 is 5.97 Å². The van der Waals surface area contributed by atoms with E-state index in [1.807, 2.05) is 24.3 Å². The number of aliphatic carboxylic acids is 1. The molecule has 1 saturated carbocycles. The highest BCUT2D eigenvalue weighted by molar-refractivity contribution is 5.71. The summed E-state index contributed by atoms with van der Waals surface area (Å²) in [7, 11) is 1.80. The van der Waals surface area contributed by atoms with Gasteiger partial charge in [0.1, 0.15) is 0 Å². The minimum atomic E-state index is -0.664. The molecule has 1 aromatic carbocycles. The molecule has 6 nitrogen and oxygen atoms in total. The SMILES string of the molecule is Cn1nnnc1-c1ccc(CC2CCC2C(=O)O)cc1. The number of aromatic nitrogens is 4. The van der Waals surface area contributed by atoms with Gasteiger partial charge in [-0.2, -0.15) is 0 Å². The summed E-state index contributed by atoms with van der Waals surface area (Å²) in [5.74, 6) is 0.166. The molecule has 104 valence electrons. The Labute approximate surface area is 116 Å². The highest BCUT2D eigenvalue weighted by Crippen LogP contribution is 2.37. The van der Waals surface area contributed by atoms with Crippen LogP contribution >= 0.6 is 0 Å². The average molecular weight is 272 g/mol. The number of hydrogen-bond donors (Lipinski definition) is 1. The lowest BCUT2D eigenvalue weighted by Gasteiger charge is -2.33. The Kier molecular flexibility index (Phi) is 3.22. The summed E-state index contributed by atoms with van der Waals surface area (Å²) in [4.78, 5) is 11.0. The van der Waals surface area contributed by atoms with Gasteiger partial charge in [-0.15, -0.1) is 5.10 Å². The lowest BCUT2D eigenvalue weighted by Crippen LogP contribution is -2.34. The molecule has 1 aromatic heterocycles. The normalized spacial score (nSPS) is 21.4. The van der Waals surface area contributed by atoms with E-state index in [0.717, 1.165) is 30.7 Å². The second kappa shape index (κ2) is 5.03. The fourth-order valence-electron chi connectivity index (χ4n) is 2.71. The van der Waals surface area contributed by atoms with Crippen molar-refractivity contribution in [1.82, 2.24) is 20.2 Å². The molecule has 1 aliphatic rings. The highest BCUT2D eigenvalue weighted by Gasteiger charge is 2.36. The molecule has 2 aromatic rings. The third-order valence-electron chi connectivity index (χ3n) is 4.06. The van der Waals surface area contributed by atoms with Crippen LogP contribution in [0, 0.1) is 11.8 Å². The maximum Gasteiger partial charge on any atom is 0.306 e. The fourth-order valence-corrected chi connectivity index (χ4v) is 2.71. The summed E-state index contributed by atoms with van der Waals surface area (Å²) >= 11 is 0. The Hall–Kier alpha value is -2.24. The van der Waals surface area contributed by atoms with Gasteiger partial charge < -0.3 is 5.11 Å². The Morgan fingerprint density at radius 3 is 2.60 bits per heavy atom. The Bertz CT molecular complexity index is 620. The second-order valence-corrected chi connectivity index (χ2v) is 5.31. The highest BCUT2D eigenvalue weighted by atomic mass is 16.4. The van der Waals surface area contributed by atoms with Crippen molar-refractivity contribution in [2.75, 3.05) is 0 Å². The molecule has 2 unspecified atom stereocenters. The van der Waals surface area contributed by atoms with Crippen LogP contribution < -0.4 is 0 Å². The van der Waals surface area contributed by atoms with E-state index in [4.69, 9.17) is 5.11 Å². The Balaban J connectivity index is 1.71. The molecule has 1 fully saturated rings. The van der Waals surface area contributed by atoms with Gasteiger partial charge in [0.25, 0.3) is 0 Å². The fraction of sp³-hybridized carbons (Fsp3) is 0.429. The zero-order valence-corrected chi connectivity index (χ0v) is 11.2. The standard InChI is InChI=1S/C14H16N4O2/c1-18-13(15-16-17-18)10-4-2-9(3-5-10)8-11-6-7-12(11)14(19)20/h2-5,11-12H,6-8H2,1H3,(H,19,20). The quantitative estimate of drug-likeness (QED) is 0.912. The van der Waals surface area contributed by atoms with Crippen LogP contribution in [0.3, 0.4) is 0 Å². The number of carboxylic acid groups (broad SMARTS) is 1. The van der Waals surface area contributed by atoms with Gasteiger partial charge in [0.05, 0.1) is 5.92 Å². The first kappa shape index (κ1) is 12.8. The van der Waals surface area contributed by atoms with E-state index in [2.05, 4.69) is 15.5 Å². The zero-order valence-electron chi connectivity index (χ0n) is 11.2. The third kappa shape index (κ3) is 2.29. The summed E-state index contributed by atoms with van der Waals surface area (Å²) in [6.07, 6.45) is 2.64. The van der Waals surface area contributed by atoms with Gasteiger partial charge >= 0.3 is 5.97 Å². The van der Waals surface area contributed by atoms with Gasteiger partial charge in [-0.1, -0.05) is 24.3 Å². The van der Waals surface area contributed by atoms with Crippen molar-refractivity contribution in [2.45, 2.75) is 19.3 Å². The van der Waals surface area contributed by atoms with E-state index in [9.17, 15) is 4.79 Å². The molecule has 2 atom stereocenters. The molecule has 0 amide bonds. The molecule has 1 heterocycles. The van der Waals surface area contributed by atoms with Crippen LogP contribution in [0.2, 0.25) is 0 Å². The molecule has 0 bridgehead atoms. The summed E-state index contributed by atoms with van der Waals surface area (Å²) in [6.45, 7) is 0. The second-order valence-electron chi connectivity index (χ2n) is 5.31. The first-order chi connectivity index (χ1) is 9.65. The van der Waals surface area contributed by atoms with E-state index in [-0.39, 0.29) is 11.8 Å². The predicted molar refractivity (Wildman–Crippen MR) is 71.8 cm³/mol. The van der Waals surface area contributed by atoms with Crippen molar-refractivity contribution in [3.63, 3.8) is 0 Å². The molecule has 0 saturated heterocycles. The van der Waals surface area contributed by atoms with Gasteiger partial charge in [0, 0.05) is 12.6 Å². The summed E-state index contributed by atoms with van der Waals surface area (Å²) in [6, 6.07) is 8.02. The first-order valence-corrected chi connectivity index (χ1v) is 6.69. The predicted octanol–water partition coefficient (Wildman–Crippen LogP) is 1.53. The van der Waals surface area contributed by atoms with Gasteiger partial charge in [0.15, 0.2) is 5.82 Å². The van der Waals surface area contributed by atoms with Crippen LogP contribution in [0.5, 0.6) is 0 Å². The van der Waals surface area contributed by atoms with Gasteiger partial charge in [-0.25, -0.2) is 4.68 Å². The smallest absolute Gasteiger partial charge is 0.306 e. The molecule has 6 heteroatoms. The molecule has 1 aliphatic carbocycles. The maximum atomic E-state index is 11.0. The number of hydrogen-bond acceptors (Lipinski definition) is 4. The van der Waals surface area contributed by atoms with E-state index in [1.54, 1.807) is 11.7 Å². The number of benzene rings is 1. The summed E-state index contributed by atoms with van der Waals surface area (Å²) in [5, 5.41) is 20.4. The van der Waals surface area contributed by atoms with Crippen molar-refractivity contribution in [1.29, 1.82) is 0 Å². The van der Waals surface area contributed by atoms with Crippen LogP contribution in [-0.2, 0) is 18.3 Å². The van der Waals surface area contributed by atoms with Gasteiger partial charge in [0.2, 0.25) is 0 Å². The number of aryl methyl sites for hydroxylation is 1. The Morgan fingerprint density at radius 2 is 2.10 bits per heavy atom. The minimum absolute atomic E-state index is 0.169. The summed E-state index contributed by atoms with van der Waals surface area (Å²) < 4.78 is 1.63. The van der Waals surface area contributed by atoms with Crippen LogP contribution in [0.25, 0.3) is 11.4 Å². The molecule has 0 aliphatic heterocycles. The molecule has 3 rings (SSSR count). The van der Waals surface area contributed by atoms with Crippen LogP contribution in [-0.4, -0.2) is 31.3 Å². The van der Waals surface area contributed by atoms with E-state index in [0.29, 0.717) is 0 Å². The Morgan fingerprint density at radius 1 is 1.35 bits per heavy atom. The number of nitrogens with zero attached hydrogens (tertiary/aromatic N) is 4. The molecule has 20 heavy (non-hydrogen) atoms. The largest absolute Gasteiger partial charge is 0.481 e. The van der Waals surface area contributed by atoms with Crippen molar-refractivity contribution in [2.24, 2.45) is 18.9 Å². The molecule has 1 N–H and O–H groups in total. The average Bonchev–Trinajstić information content (AvgIpc) is 2.81. The number of carbonyl (C=O) groups is 1. The van der Waals surface area contributed by atoms with Crippen molar-refractivity contribution < 1.29 is 9.90 Å². The monoisotopic (exact) mass is 272 g/mol. The lowest BCUT2D eigenvalue weighted by atomic mass is 9.71. The minimum Gasteiger partial charge on any atom is -0.481 e. The lowest BCUT2D eigenvalue weighted by molar-refractivity contribution is -0.147. The third-order valence-corrected chi connectivity index (χ3v) is 4.06. The van der Waals surface area contributed by atoms with Crippen molar-refractivity contribution in [3.05, 3.63) is 29.8 Å². The molecule has 0 radical (unpaired) electrons. The summed E-state index contributed by atoms with van der Waals surface area (Å²) in [5.41, 5.74) is 2.13. The maximum absolute atomic E-state index is 11.0. The van der Waals surface area contributed by atoms with E-state index >= 15 is 0 Å². The number of carboxylic acids is 1. The van der Waals surface area contributed by atoms with Crippen molar-refractivity contribution >= 4 is 5.97 Å². The number of tetrazole rings is 1. The molecular weight excluding hydrogens is 256 g/mol. The van der Waals surface area contributed by atoms with Gasteiger partial charge in [-0.3, -0.25) is 4.79 Å². The number of rotatable bonds is 4. The first-order valence-electron chi connectivity index (χ1n) is 6.69. The van der Waals surface area contributed by atoms with Crippen LogP contribution in [0.1, 0.15) is 18.4 Å². The van der Waals surface area contributed by atoms with Crippen LogP contribution in [0.15, 0.2) is 24.3 Å². The van der Waals surface area contributed by atoms with E-state index in [1.165, 1.54) is 5.56 Å². The molecule has 0 spiro atoms. The van der Waals surface area contributed by atoms with Crippen LogP contribution in [0.4, 0.5) is 0 Å². The molecular formula is C14H16N4O2.